The van der Waals surface area contributed by atoms with Gasteiger partial charge in [-0.3, -0.25) is 0 Å². The SMILES string of the molecule is FC(F)(F)OC1=CC[CH]C(Br)=C1. The van der Waals surface area contributed by atoms with Crippen LogP contribution in [0.5, 0.6) is 0 Å². The van der Waals surface area contributed by atoms with Crippen LogP contribution in [0.4, 0.5) is 13.2 Å². The van der Waals surface area contributed by atoms with Crippen molar-refractivity contribution in [1.82, 2.24) is 0 Å². The molecule has 1 radical (unpaired) electrons. The monoisotopic (exact) mass is 241 g/mol. The minimum absolute atomic E-state index is 0.170. The Morgan fingerprint density at radius 1 is 1.42 bits per heavy atom. The Labute approximate surface area is 76.0 Å². The maximum absolute atomic E-state index is 11.6. The molecule has 1 aliphatic carbocycles. The Hall–Kier alpha value is -0.450. The van der Waals surface area contributed by atoms with E-state index in [1.807, 2.05) is 0 Å². The summed E-state index contributed by atoms with van der Waals surface area (Å²) in [6, 6.07) is 0. The molecule has 1 aliphatic rings. The highest BCUT2D eigenvalue weighted by Crippen LogP contribution is 2.27. The number of allylic oxidation sites excluding steroid dienone is 3. The number of hydrogen-bond acceptors (Lipinski definition) is 1. The molecule has 0 saturated carbocycles. The summed E-state index contributed by atoms with van der Waals surface area (Å²) in [5.41, 5.74) is 0. The summed E-state index contributed by atoms with van der Waals surface area (Å²) in [7, 11) is 0. The lowest BCUT2D eigenvalue weighted by Crippen LogP contribution is -2.12. The van der Waals surface area contributed by atoms with Crippen molar-refractivity contribution in [3.63, 3.8) is 0 Å². The predicted molar refractivity (Wildman–Crippen MR) is 41.2 cm³/mol. The van der Waals surface area contributed by atoms with E-state index >= 15 is 0 Å². The molecule has 5 heteroatoms. The first-order chi connectivity index (χ1) is 5.47. The maximum Gasteiger partial charge on any atom is 0.573 e. The Morgan fingerprint density at radius 3 is 2.58 bits per heavy atom. The van der Waals surface area contributed by atoms with Crippen LogP contribution in [-0.4, -0.2) is 6.36 Å². The van der Waals surface area contributed by atoms with Gasteiger partial charge in [0.25, 0.3) is 0 Å². The second-order valence-electron chi connectivity index (χ2n) is 2.12. The van der Waals surface area contributed by atoms with Crippen molar-refractivity contribution in [2.75, 3.05) is 0 Å². The standard InChI is InChI=1S/C7H5BrF3O/c8-5-2-1-3-6(4-5)12-7(9,10)11/h2-4H,1H2. The van der Waals surface area contributed by atoms with Gasteiger partial charge < -0.3 is 4.74 Å². The van der Waals surface area contributed by atoms with Gasteiger partial charge in [0.15, 0.2) is 0 Å². The minimum Gasteiger partial charge on any atom is -0.406 e. The van der Waals surface area contributed by atoms with Gasteiger partial charge in [-0.05, 0) is 18.6 Å². The molecule has 0 fully saturated rings. The zero-order valence-corrected chi connectivity index (χ0v) is 7.45. The van der Waals surface area contributed by atoms with Crippen LogP contribution in [-0.2, 0) is 4.74 Å². The maximum atomic E-state index is 11.6. The fourth-order valence-electron chi connectivity index (χ4n) is 0.746. The molecule has 1 rings (SSSR count). The fraction of sp³-hybridized carbons (Fsp3) is 0.286. The van der Waals surface area contributed by atoms with Gasteiger partial charge in [-0.1, -0.05) is 15.9 Å². The highest BCUT2D eigenvalue weighted by molar-refractivity contribution is 9.11. The highest BCUT2D eigenvalue weighted by atomic mass is 79.9. The van der Waals surface area contributed by atoms with Crippen molar-refractivity contribution in [1.29, 1.82) is 0 Å². The molecule has 0 amide bonds. The van der Waals surface area contributed by atoms with Crippen molar-refractivity contribution in [3.05, 3.63) is 28.8 Å². The molecule has 0 atom stereocenters. The predicted octanol–water partition coefficient (Wildman–Crippen LogP) is 3.29. The summed E-state index contributed by atoms with van der Waals surface area (Å²) in [6.07, 6.45) is 0.216. The second-order valence-corrected chi connectivity index (χ2v) is 3.04. The molecule has 0 saturated heterocycles. The quantitative estimate of drug-likeness (QED) is 0.685. The Balaban J connectivity index is 2.59. The second kappa shape index (κ2) is 3.51. The van der Waals surface area contributed by atoms with Crippen molar-refractivity contribution in [2.45, 2.75) is 12.8 Å². The molecule has 12 heavy (non-hydrogen) atoms. The molecule has 0 N–H and O–H groups in total. The molecule has 0 bridgehead atoms. The van der Waals surface area contributed by atoms with E-state index in [1.165, 1.54) is 12.2 Å². The van der Waals surface area contributed by atoms with Crippen molar-refractivity contribution in [2.24, 2.45) is 0 Å². The molecule has 0 unspecified atom stereocenters. The van der Waals surface area contributed by atoms with Crippen LogP contribution < -0.4 is 0 Å². The van der Waals surface area contributed by atoms with E-state index in [-0.39, 0.29) is 5.76 Å². The lowest BCUT2D eigenvalue weighted by Gasteiger charge is -2.12. The summed E-state index contributed by atoms with van der Waals surface area (Å²) in [5, 5.41) is 0. The van der Waals surface area contributed by atoms with Crippen LogP contribution >= 0.6 is 15.9 Å². The molecule has 1 nitrogen and oxygen atoms in total. The van der Waals surface area contributed by atoms with E-state index in [1.54, 1.807) is 6.42 Å². The molecule has 0 aromatic heterocycles. The smallest absolute Gasteiger partial charge is 0.406 e. The van der Waals surface area contributed by atoms with Crippen LogP contribution in [0.2, 0.25) is 0 Å². The largest absolute Gasteiger partial charge is 0.573 e. The lowest BCUT2D eigenvalue weighted by molar-refractivity contribution is -0.303. The number of rotatable bonds is 1. The van der Waals surface area contributed by atoms with Gasteiger partial charge in [0.2, 0.25) is 0 Å². The van der Waals surface area contributed by atoms with Gasteiger partial charge >= 0.3 is 6.36 Å². The molecular weight excluding hydrogens is 237 g/mol. The third-order valence-electron chi connectivity index (χ3n) is 1.15. The minimum atomic E-state index is -4.60. The zero-order valence-electron chi connectivity index (χ0n) is 5.86. The number of ether oxygens (including phenoxy) is 1. The Morgan fingerprint density at radius 2 is 2.08 bits per heavy atom. The van der Waals surface area contributed by atoms with E-state index in [0.29, 0.717) is 10.9 Å². The van der Waals surface area contributed by atoms with Gasteiger partial charge in [-0.25, -0.2) is 0 Å². The average Bonchev–Trinajstić information content (AvgIpc) is 1.82. The average molecular weight is 242 g/mol. The number of alkyl halides is 3. The molecule has 67 valence electrons. The molecular formula is C7H5BrF3O. The molecule has 0 spiro atoms. The van der Waals surface area contributed by atoms with Crippen LogP contribution in [0.3, 0.4) is 0 Å². The van der Waals surface area contributed by atoms with Gasteiger partial charge in [-0.2, -0.15) is 0 Å². The first-order valence-electron chi connectivity index (χ1n) is 3.14. The summed E-state index contributed by atoms with van der Waals surface area (Å²) in [5.74, 6) is -0.170. The van der Waals surface area contributed by atoms with E-state index in [0.717, 1.165) is 0 Å². The van der Waals surface area contributed by atoms with E-state index < -0.39 is 6.36 Å². The first kappa shape index (κ1) is 9.64. The van der Waals surface area contributed by atoms with Crippen LogP contribution in [0.25, 0.3) is 0 Å². The van der Waals surface area contributed by atoms with Gasteiger partial charge in [0, 0.05) is 10.9 Å². The highest BCUT2D eigenvalue weighted by Gasteiger charge is 2.31. The Kier molecular flexibility index (Phi) is 2.82. The summed E-state index contributed by atoms with van der Waals surface area (Å²) in [4.78, 5) is 0. The van der Waals surface area contributed by atoms with Crippen molar-refractivity contribution < 1.29 is 17.9 Å². The first-order valence-corrected chi connectivity index (χ1v) is 3.93. The van der Waals surface area contributed by atoms with Crippen LogP contribution in [0.15, 0.2) is 22.4 Å². The normalized spacial score (nSPS) is 18.3. The van der Waals surface area contributed by atoms with Gasteiger partial charge in [0.1, 0.15) is 5.76 Å². The fourth-order valence-corrected chi connectivity index (χ4v) is 1.16. The third-order valence-corrected chi connectivity index (χ3v) is 1.70. The topological polar surface area (TPSA) is 9.23 Å². The number of hydrogen-bond donors (Lipinski definition) is 0. The molecule has 0 heterocycles. The molecule has 0 aliphatic heterocycles. The molecule has 0 aromatic carbocycles. The summed E-state index contributed by atoms with van der Waals surface area (Å²) < 4.78 is 39.2. The molecule has 0 aromatic rings. The Bertz CT molecular complexity index is 229. The van der Waals surface area contributed by atoms with Gasteiger partial charge in [-0.15, -0.1) is 13.2 Å². The van der Waals surface area contributed by atoms with Crippen LogP contribution in [0, 0.1) is 6.42 Å². The zero-order chi connectivity index (χ0) is 9.19. The van der Waals surface area contributed by atoms with E-state index in [2.05, 4.69) is 20.7 Å². The van der Waals surface area contributed by atoms with E-state index in [4.69, 9.17) is 0 Å². The van der Waals surface area contributed by atoms with Crippen LogP contribution in [0.1, 0.15) is 6.42 Å². The summed E-state index contributed by atoms with van der Waals surface area (Å²) >= 11 is 3.05. The third kappa shape index (κ3) is 3.30. The van der Waals surface area contributed by atoms with Crippen molar-refractivity contribution >= 4 is 15.9 Å². The number of halogens is 4. The van der Waals surface area contributed by atoms with E-state index in [9.17, 15) is 13.2 Å². The van der Waals surface area contributed by atoms with Crippen molar-refractivity contribution in [3.8, 4) is 0 Å². The van der Waals surface area contributed by atoms with Gasteiger partial charge in [0.05, 0.1) is 0 Å². The summed E-state index contributed by atoms with van der Waals surface area (Å²) in [6.45, 7) is 0. The lowest BCUT2D eigenvalue weighted by atomic mass is 10.2.